The summed E-state index contributed by atoms with van der Waals surface area (Å²) in [5.74, 6) is -0.552. The number of hydrogen-bond acceptors (Lipinski definition) is 2. The second-order valence-electron chi connectivity index (χ2n) is 5.38. The normalized spacial score (nSPS) is 11.3. The van der Waals surface area contributed by atoms with Crippen molar-refractivity contribution in [2.24, 2.45) is 5.92 Å². The molecule has 0 amide bonds. The number of aromatic nitrogens is 2. The van der Waals surface area contributed by atoms with Crippen LogP contribution in [0, 0.1) is 17.6 Å². The van der Waals surface area contributed by atoms with E-state index < -0.39 is 11.6 Å². The van der Waals surface area contributed by atoms with Crippen LogP contribution in [0.2, 0.25) is 0 Å². The average molecular weight is 358 g/mol. The SMILES string of the molecule is CC(C)CNCc1cn(Cc2c(F)ccc(Br)c2F)cn1. The molecule has 1 aromatic carbocycles. The first-order valence-corrected chi connectivity index (χ1v) is 7.60. The Labute approximate surface area is 131 Å². The van der Waals surface area contributed by atoms with Crippen LogP contribution in [-0.2, 0) is 13.1 Å². The fraction of sp³-hybridized carbons (Fsp3) is 0.400. The first kappa shape index (κ1) is 16.1. The van der Waals surface area contributed by atoms with Crippen molar-refractivity contribution in [2.75, 3.05) is 6.54 Å². The average Bonchev–Trinajstić information content (AvgIpc) is 2.86. The Balaban J connectivity index is 2.04. The number of rotatable bonds is 6. The van der Waals surface area contributed by atoms with Gasteiger partial charge in [0.2, 0.25) is 0 Å². The fourth-order valence-corrected chi connectivity index (χ4v) is 2.34. The third kappa shape index (κ3) is 4.35. The molecular formula is C15H18BrF2N3. The maximum atomic E-state index is 13.9. The van der Waals surface area contributed by atoms with Crippen molar-refractivity contribution >= 4 is 15.9 Å². The number of hydrogen-bond donors (Lipinski definition) is 1. The molecule has 0 unspecified atom stereocenters. The van der Waals surface area contributed by atoms with Gasteiger partial charge in [0.25, 0.3) is 0 Å². The Morgan fingerprint density at radius 2 is 2.10 bits per heavy atom. The van der Waals surface area contributed by atoms with Gasteiger partial charge in [-0.25, -0.2) is 13.8 Å². The summed E-state index contributed by atoms with van der Waals surface area (Å²) in [6.07, 6.45) is 3.39. The van der Waals surface area contributed by atoms with Gasteiger partial charge in [0.15, 0.2) is 0 Å². The Kier molecular flexibility index (Phi) is 5.47. The molecule has 21 heavy (non-hydrogen) atoms. The minimum absolute atomic E-state index is 0.0310. The molecule has 0 radical (unpaired) electrons. The summed E-state index contributed by atoms with van der Waals surface area (Å²) < 4.78 is 29.6. The lowest BCUT2D eigenvalue weighted by atomic mass is 10.2. The van der Waals surface area contributed by atoms with E-state index in [1.807, 2.05) is 0 Å². The van der Waals surface area contributed by atoms with E-state index in [2.05, 4.69) is 40.1 Å². The van der Waals surface area contributed by atoms with Crippen molar-refractivity contribution in [1.82, 2.24) is 14.9 Å². The van der Waals surface area contributed by atoms with Gasteiger partial charge in [-0.15, -0.1) is 0 Å². The number of nitrogens with zero attached hydrogens (tertiary/aromatic N) is 2. The van der Waals surface area contributed by atoms with Gasteiger partial charge < -0.3 is 9.88 Å². The van der Waals surface area contributed by atoms with Gasteiger partial charge in [0.1, 0.15) is 11.6 Å². The lowest BCUT2D eigenvalue weighted by Crippen LogP contribution is -2.19. The first-order valence-electron chi connectivity index (χ1n) is 6.81. The summed E-state index contributed by atoms with van der Waals surface area (Å²) in [6.45, 7) is 5.93. The molecule has 6 heteroatoms. The molecule has 0 aliphatic carbocycles. The standard InChI is InChI=1S/C15H18BrF2N3/c1-10(2)5-19-6-11-7-21(9-20-11)8-12-14(17)4-3-13(16)15(12)18/h3-4,7,9-10,19H,5-6,8H2,1-2H3. The predicted molar refractivity (Wildman–Crippen MR) is 81.9 cm³/mol. The van der Waals surface area contributed by atoms with Crippen molar-refractivity contribution in [3.05, 3.63) is 52.0 Å². The molecule has 114 valence electrons. The molecule has 1 N–H and O–H groups in total. The summed E-state index contributed by atoms with van der Waals surface area (Å²) in [5, 5.41) is 3.28. The van der Waals surface area contributed by atoms with E-state index >= 15 is 0 Å². The number of imidazole rings is 1. The molecule has 0 spiro atoms. The van der Waals surface area contributed by atoms with Gasteiger partial charge in [0, 0.05) is 18.3 Å². The Hall–Kier alpha value is -1.27. The highest BCUT2D eigenvalue weighted by atomic mass is 79.9. The summed E-state index contributed by atoms with van der Waals surface area (Å²) in [5.41, 5.74) is 0.884. The molecule has 0 fully saturated rings. The van der Waals surface area contributed by atoms with E-state index in [0.29, 0.717) is 12.5 Å². The third-order valence-corrected chi connectivity index (χ3v) is 3.64. The predicted octanol–water partition coefficient (Wildman–Crippen LogP) is 3.72. The van der Waals surface area contributed by atoms with E-state index in [4.69, 9.17) is 0 Å². The van der Waals surface area contributed by atoms with Crippen molar-refractivity contribution in [2.45, 2.75) is 26.9 Å². The van der Waals surface area contributed by atoms with Crippen LogP contribution in [0.5, 0.6) is 0 Å². The topological polar surface area (TPSA) is 29.9 Å². The monoisotopic (exact) mass is 357 g/mol. The quantitative estimate of drug-likeness (QED) is 0.798. The molecule has 0 aliphatic rings. The zero-order valence-corrected chi connectivity index (χ0v) is 13.6. The Morgan fingerprint density at radius 3 is 2.81 bits per heavy atom. The van der Waals surface area contributed by atoms with Crippen molar-refractivity contribution < 1.29 is 8.78 Å². The Morgan fingerprint density at radius 1 is 1.33 bits per heavy atom. The van der Waals surface area contributed by atoms with Crippen LogP contribution in [0.1, 0.15) is 25.1 Å². The second-order valence-corrected chi connectivity index (χ2v) is 6.24. The highest BCUT2D eigenvalue weighted by Gasteiger charge is 2.13. The maximum Gasteiger partial charge on any atom is 0.145 e. The van der Waals surface area contributed by atoms with Crippen molar-refractivity contribution in [1.29, 1.82) is 0 Å². The largest absolute Gasteiger partial charge is 0.333 e. The van der Waals surface area contributed by atoms with Gasteiger partial charge in [-0.2, -0.15) is 0 Å². The third-order valence-electron chi connectivity index (χ3n) is 3.03. The summed E-state index contributed by atoms with van der Waals surface area (Å²) >= 11 is 3.07. The van der Waals surface area contributed by atoms with Crippen molar-refractivity contribution in [3.8, 4) is 0 Å². The summed E-state index contributed by atoms with van der Waals surface area (Å²) in [6, 6.07) is 2.62. The van der Waals surface area contributed by atoms with Gasteiger partial charge in [0.05, 0.1) is 23.0 Å². The molecule has 3 nitrogen and oxygen atoms in total. The molecule has 2 rings (SSSR count). The molecule has 0 saturated heterocycles. The molecule has 0 aliphatic heterocycles. The lowest BCUT2D eigenvalue weighted by Gasteiger charge is -2.07. The van der Waals surface area contributed by atoms with Crippen LogP contribution >= 0.6 is 15.9 Å². The van der Waals surface area contributed by atoms with E-state index in [1.165, 1.54) is 12.1 Å². The van der Waals surface area contributed by atoms with Crippen LogP contribution < -0.4 is 5.32 Å². The molecule has 2 aromatic rings. The molecule has 0 saturated carbocycles. The summed E-state index contributed by atoms with van der Waals surface area (Å²) in [7, 11) is 0. The zero-order valence-electron chi connectivity index (χ0n) is 12.0. The minimum Gasteiger partial charge on any atom is -0.333 e. The highest BCUT2D eigenvalue weighted by molar-refractivity contribution is 9.10. The van der Waals surface area contributed by atoms with E-state index in [1.54, 1.807) is 17.1 Å². The first-order chi connectivity index (χ1) is 9.97. The number of benzene rings is 1. The van der Waals surface area contributed by atoms with Crippen LogP contribution in [0.3, 0.4) is 0 Å². The molecule has 1 aromatic heterocycles. The summed E-state index contributed by atoms with van der Waals surface area (Å²) in [4.78, 5) is 4.23. The van der Waals surface area contributed by atoms with E-state index in [9.17, 15) is 8.78 Å². The minimum atomic E-state index is -0.566. The molecule has 0 bridgehead atoms. The fourth-order valence-electron chi connectivity index (χ4n) is 1.97. The van der Waals surface area contributed by atoms with Crippen LogP contribution in [0.4, 0.5) is 8.78 Å². The van der Waals surface area contributed by atoms with Gasteiger partial charge in [-0.1, -0.05) is 13.8 Å². The lowest BCUT2D eigenvalue weighted by molar-refractivity contribution is 0.539. The van der Waals surface area contributed by atoms with Gasteiger partial charge >= 0.3 is 0 Å². The smallest absolute Gasteiger partial charge is 0.145 e. The van der Waals surface area contributed by atoms with E-state index in [0.717, 1.165) is 12.2 Å². The number of halogens is 3. The maximum absolute atomic E-state index is 13.9. The van der Waals surface area contributed by atoms with E-state index in [-0.39, 0.29) is 16.6 Å². The Bertz CT molecular complexity index is 611. The molecular weight excluding hydrogens is 340 g/mol. The molecule has 0 atom stereocenters. The van der Waals surface area contributed by atoms with Crippen LogP contribution in [0.25, 0.3) is 0 Å². The highest BCUT2D eigenvalue weighted by Crippen LogP contribution is 2.22. The molecule has 1 heterocycles. The number of nitrogens with one attached hydrogen (secondary N) is 1. The zero-order chi connectivity index (χ0) is 15.4. The van der Waals surface area contributed by atoms with Crippen molar-refractivity contribution in [3.63, 3.8) is 0 Å². The second kappa shape index (κ2) is 7.13. The van der Waals surface area contributed by atoms with Gasteiger partial charge in [-0.3, -0.25) is 0 Å². The van der Waals surface area contributed by atoms with Crippen LogP contribution in [-0.4, -0.2) is 16.1 Å². The van der Waals surface area contributed by atoms with Crippen LogP contribution in [0.15, 0.2) is 29.1 Å². The van der Waals surface area contributed by atoms with Gasteiger partial charge in [-0.05, 0) is 40.5 Å².